The van der Waals surface area contributed by atoms with Crippen LogP contribution in [0.2, 0.25) is 0 Å². The van der Waals surface area contributed by atoms with Crippen LogP contribution >= 0.6 is 0 Å². The predicted molar refractivity (Wildman–Crippen MR) is 128 cm³/mol. The number of carbonyl (C=O) groups excluding carboxylic acids is 3. The zero-order valence-corrected chi connectivity index (χ0v) is 19.2. The summed E-state index contributed by atoms with van der Waals surface area (Å²) >= 11 is 0. The lowest BCUT2D eigenvalue weighted by Crippen LogP contribution is -2.16. The molecule has 0 radical (unpaired) electrons. The molecule has 0 spiro atoms. The van der Waals surface area contributed by atoms with Crippen molar-refractivity contribution >= 4 is 39.0 Å². The van der Waals surface area contributed by atoms with Gasteiger partial charge in [-0.3, -0.25) is 19.1 Å². The normalized spacial score (nSPS) is 11.0. The molecule has 0 atom stereocenters. The lowest BCUT2D eigenvalue weighted by atomic mass is 10.0. The number of ketones is 2. The summed E-state index contributed by atoms with van der Waals surface area (Å²) in [4.78, 5) is 37.3. The van der Waals surface area contributed by atoms with Crippen molar-refractivity contribution in [2.24, 2.45) is 0 Å². The van der Waals surface area contributed by atoms with Gasteiger partial charge in [0.25, 0.3) is 15.9 Å². The third-order valence-corrected chi connectivity index (χ3v) is 6.31. The summed E-state index contributed by atoms with van der Waals surface area (Å²) in [6.07, 6.45) is 0. The van der Waals surface area contributed by atoms with E-state index >= 15 is 0 Å². The Hall–Kier alpha value is -4.57. The summed E-state index contributed by atoms with van der Waals surface area (Å²) in [5.74, 6) is -1.25. The number of rotatable bonds is 8. The maximum Gasteiger partial charge on any atom is 0.263 e. The number of aromatic nitrogens is 1. The monoisotopic (exact) mass is 489 g/mol. The number of hydrogen-bond donors (Lipinski definition) is 2. The summed E-state index contributed by atoms with van der Waals surface area (Å²) in [6, 6.07) is 20.9. The van der Waals surface area contributed by atoms with Gasteiger partial charge in [-0.2, -0.15) is 0 Å². The molecule has 10 heteroatoms. The Morgan fingerprint density at radius 2 is 1.34 bits per heavy atom. The number of aryl methyl sites for hydroxylation is 1. The standard InChI is InChI=1S/C25H19N3O6S/c1-16-15-22(27-34-16)28-35(32,33)21-13-11-20(12-14-21)26-25(31)19-9-7-18(8-10-19)24(30)23(29)17-5-3-2-4-6-17/h2-15H,1H3,(H,26,31)(H,27,28). The maximum atomic E-state index is 12.6. The van der Waals surface area contributed by atoms with Gasteiger partial charge in [0.1, 0.15) is 5.76 Å². The molecule has 1 aromatic heterocycles. The zero-order chi connectivity index (χ0) is 25.0. The minimum absolute atomic E-state index is 0.0258. The third kappa shape index (κ3) is 5.50. The molecule has 1 amide bonds. The van der Waals surface area contributed by atoms with Gasteiger partial charge in [0.2, 0.25) is 11.6 Å². The molecule has 3 aromatic carbocycles. The van der Waals surface area contributed by atoms with E-state index in [9.17, 15) is 22.8 Å². The second-order valence-electron chi connectivity index (χ2n) is 7.51. The SMILES string of the molecule is Cc1cc(NS(=O)(=O)c2ccc(NC(=O)c3ccc(C(=O)C(=O)c4ccccc4)cc3)cc2)no1. The number of sulfonamides is 1. The van der Waals surface area contributed by atoms with Crippen LogP contribution in [-0.4, -0.2) is 31.0 Å². The minimum Gasteiger partial charge on any atom is -0.360 e. The molecule has 2 N–H and O–H groups in total. The van der Waals surface area contributed by atoms with Crippen LogP contribution in [0.3, 0.4) is 0 Å². The summed E-state index contributed by atoms with van der Waals surface area (Å²) < 4.78 is 32.1. The van der Waals surface area contributed by atoms with Gasteiger partial charge in [-0.05, 0) is 43.3 Å². The van der Waals surface area contributed by atoms with E-state index in [1.54, 1.807) is 37.3 Å². The quantitative estimate of drug-likeness (QED) is 0.281. The first-order valence-corrected chi connectivity index (χ1v) is 11.8. The average molecular weight is 490 g/mol. The average Bonchev–Trinajstić information content (AvgIpc) is 3.27. The number of Topliss-reactive ketones (excluding diaryl/α,β-unsaturated/α-hetero) is 2. The Morgan fingerprint density at radius 3 is 1.91 bits per heavy atom. The van der Waals surface area contributed by atoms with E-state index in [-0.39, 0.29) is 27.4 Å². The van der Waals surface area contributed by atoms with Gasteiger partial charge in [0.15, 0.2) is 5.82 Å². The van der Waals surface area contributed by atoms with E-state index in [1.807, 2.05) is 0 Å². The lowest BCUT2D eigenvalue weighted by molar-refractivity contribution is 0.0817. The van der Waals surface area contributed by atoms with E-state index in [4.69, 9.17) is 4.52 Å². The van der Waals surface area contributed by atoms with Gasteiger partial charge in [0, 0.05) is 28.4 Å². The first-order valence-electron chi connectivity index (χ1n) is 10.3. The Balaban J connectivity index is 1.40. The smallest absolute Gasteiger partial charge is 0.263 e. The molecule has 0 bridgehead atoms. The molecule has 4 rings (SSSR count). The lowest BCUT2D eigenvalue weighted by Gasteiger charge is -2.08. The molecule has 9 nitrogen and oxygen atoms in total. The minimum atomic E-state index is -3.88. The number of anilines is 2. The predicted octanol–water partition coefficient (Wildman–Crippen LogP) is 4.10. The van der Waals surface area contributed by atoms with E-state index in [0.717, 1.165) is 0 Å². The fourth-order valence-electron chi connectivity index (χ4n) is 3.16. The highest BCUT2D eigenvalue weighted by atomic mass is 32.2. The Kier molecular flexibility index (Phi) is 6.56. The summed E-state index contributed by atoms with van der Waals surface area (Å²) in [7, 11) is -3.88. The molecule has 35 heavy (non-hydrogen) atoms. The van der Waals surface area contributed by atoms with Gasteiger partial charge in [-0.25, -0.2) is 8.42 Å². The van der Waals surface area contributed by atoms with Crippen molar-refractivity contribution in [1.82, 2.24) is 5.16 Å². The highest BCUT2D eigenvalue weighted by molar-refractivity contribution is 7.92. The van der Waals surface area contributed by atoms with Crippen molar-refractivity contribution in [1.29, 1.82) is 0 Å². The first-order chi connectivity index (χ1) is 16.7. The second-order valence-corrected chi connectivity index (χ2v) is 9.19. The number of hydrogen-bond acceptors (Lipinski definition) is 7. The molecule has 1 heterocycles. The Labute approximate surface area is 200 Å². The van der Waals surface area contributed by atoms with Crippen LogP contribution in [0, 0.1) is 6.92 Å². The van der Waals surface area contributed by atoms with Crippen molar-refractivity contribution in [3.05, 3.63) is 107 Å². The van der Waals surface area contributed by atoms with E-state index in [0.29, 0.717) is 11.4 Å². The molecule has 176 valence electrons. The van der Waals surface area contributed by atoms with Gasteiger partial charge in [-0.1, -0.05) is 47.6 Å². The van der Waals surface area contributed by atoms with Crippen molar-refractivity contribution in [2.75, 3.05) is 10.0 Å². The van der Waals surface area contributed by atoms with Crippen LogP contribution in [-0.2, 0) is 10.0 Å². The number of amides is 1. The topological polar surface area (TPSA) is 135 Å². The van der Waals surface area contributed by atoms with Crippen molar-refractivity contribution in [2.45, 2.75) is 11.8 Å². The van der Waals surface area contributed by atoms with Crippen LogP contribution in [0.15, 0.2) is 94.3 Å². The fourth-order valence-corrected chi connectivity index (χ4v) is 4.14. The van der Waals surface area contributed by atoms with Gasteiger partial charge in [0.05, 0.1) is 4.90 Å². The molecule has 0 unspecified atom stereocenters. The summed E-state index contributed by atoms with van der Waals surface area (Å²) in [5.41, 5.74) is 1.08. The van der Waals surface area contributed by atoms with Gasteiger partial charge < -0.3 is 9.84 Å². The third-order valence-electron chi connectivity index (χ3n) is 4.94. The van der Waals surface area contributed by atoms with E-state index in [1.165, 1.54) is 54.6 Å². The molecular weight excluding hydrogens is 470 g/mol. The molecule has 0 aliphatic heterocycles. The molecule has 0 aliphatic carbocycles. The van der Waals surface area contributed by atoms with Gasteiger partial charge >= 0.3 is 0 Å². The maximum absolute atomic E-state index is 12.6. The first kappa shape index (κ1) is 23.6. The number of benzene rings is 3. The van der Waals surface area contributed by atoms with Crippen LogP contribution in [0.1, 0.15) is 36.8 Å². The summed E-state index contributed by atoms with van der Waals surface area (Å²) in [5, 5.41) is 6.25. The largest absolute Gasteiger partial charge is 0.360 e. The van der Waals surface area contributed by atoms with Crippen molar-refractivity contribution in [3.8, 4) is 0 Å². The van der Waals surface area contributed by atoms with E-state index < -0.39 is 27.5 Å². The fraction of sp³-hybridized carbons (Fsp3) is 0.0400. The molecule has 4 aromatic rings. The molecule has 0 saturated carbocycles. The summed E-state index contributed by atoms with van der Waals surface area (Å²) in [6.45, 7) is 1.64. The van der Waals surface area contributed by atoms with E-state index in [2.05, 4.69) is 15.2 Å². The second kappa shape index (κ2) is 9.74. The zero-order valence-electron chi connectivity index (χ0n) is 18.4. The van der Waals surface area contributed by atoms with Crippen LogP contribution in [0.25, 0.3) is 0 Å². The molecule has 0 aliphatic rings. The molecular formula is C25H19N3O6S. The number of nitrogens with zero attached hydrogens (tertiary/aromatic N) is 1. The Morgan fingerprint density at radius 1 is 0.771 bits per heavy atom. The van der Waals surface area contributed by atoms with Crippen LogP contribution < -0.4 is 10.0 Å². The van der Waals surface area contributed by atoms with Crippen LogP contribution in [0.5, 0.6) is 0 Å². The molecule has 0 fully saturated rings. The molecule has 0 saturated heterocycles. The van der Waals surface area contributed by atoms with Gasteiger partial charge in [-0.15, -0.1) is 0 Å². The highest BCUT2D eigenvalue weighted by Gasteiger charge is 2.19. The van der Waals surface area contributed by atoms with Crippen molar-refractivity contribution in [3.63, 3.8) is 0 Å². The van der Waals surface area contributed by atoms with Crippen LogP contribution in [0.4, 0.5) is 11.5 Å². The number of nitrogens with one attached hydrogen (secondary N) is 2. The number of carbonyl (C=O) groups is 3. The van der Waals surface area contributed by atoms with Crippen molar-refractivity contribution < 1.29 is 27.3 Å². The Bertz CT molecular complexity index is 1490. The highest BCUT2D eigenvalue weighted by Crippen LogP contribution is 2.19.